The Kier molecular flexibility index (Phi) is 6.86. The summed E-state index contributed by atoms with van der Waals surface area (Å²) in [6.45, 7) is 2.34. The number of hydrogen-bond acceptors (Lipinski definition) is 3. The number of benzene rings is 1. The van der Waals surface area contributed by atoms with Crippen LogP contribution >= 0.6 is 47.2 Å². The van der Waals surface area contributed by atoms with Crippen molar-refractivity contribution in [2.24, 2.45) is 10.7 Å². The highest BCUT2D eigenvalue weighted by Gasteiger charge is 2.11. The van der Waals surface area contributed by atoms with Gasteiger partial charge >= 0.3 is 0 Å². The fourth-order valence-corrected chi connectivity index (χ4v) is 2.94. The van der Waals surface area contributed by atoms with Crippen molar-refractivity contribution >= 4 is 58.8 Å². The van der Waals surface area contributed by atoms with E-state index in [0.29, 0.717) is 22.5 Å². The van der Waals surface area contributed by atoms with Gasteiger partial charge in [-0.3, -0.25) is 0 Å². The minimum absolute atomic E-state index is 0. The second-order valence-electron chi connectivity index (χ2n) is 5.27. The van der Waals surface area contributed by atoms with E-state index in [0.717, 1.165) is 16.9 Å². The minimum Gasteiger partial charge on any atom is -0.370 e. The standard InChI is InChI=1S/C16H16Cl2N6.HI/c1-10(13-3-2-11(17)8-14(13)18)23-16(19)21-9-12-4-6-20-15-5-7-22-24(12)15;/h2-8,10H,9H2,1H3,(H3,19,21,23);1H. The van der Waals surface area contributed by atoms with E-state index in [9.17, 15) is 0 Å². The topological polar surface area (TPSA) is 80.6 Å². The number of fused-ring (bicyclic) bond motifs is 1. The molecule has 25 heavy (non-hydrogen) atoms. The van der Waals surface area contributed by atoms with Crippen molar-refractivity contribution < 1.29 is 0 Å². The number of rotatable bonds is 4. The van der Waals surface area contributed by atoms with Crippen molar-refractivity contribution in [3.8, 4) is 0 Å². The number of halogens is 3. The molecule has 1 aromatic carbocycles. The number of nitrogens with zero attached hydrogens (tertiary/aromatic N) is 4. The first-order valence-corrected chi connectivity index (χ1v) is 8.09. The molecule has 0 radical (unpaired) electrons. The van der Waals surface area contributed by atoms with E-state index in [1.165, 1.54) is 0 Å². The Balaban J connectivity index is 0.00000225. The number of aliphatic imine (C=N–C) groups is 1. The molecule has 0 aliphatic carbocycles. The van der Waals surface area contributed by atoms with E-state index in [1.807, 2.05) is 25.1 Å². The molecule has 0 fully saturated rings. The molecule has 0 aliphatic heterocycles. The van der Waals surface area contributed by atoms with Crippen LogP contribution in [0.15, 0.2) is 47.7 Å². The molecule has 6 nitrogen and oxygen atoms in total. The number of nitrogens with two attached hydrogens (primary N) is 1. The molecule has 132 valence electrons. The zero-order valence-corrected chi connectivity index (χ0v) is 17.2. The molecule has 3 N–H and O–H groups in total. The molecular formula is C16H17Cl2IN6. The Morgan fingerprint density at radius 2 is 2.08 bits per heavy atom. The molecule has 0 spiro atoms. The van der Waals surface area contributed by atoms with Gasteiger partial charge in [0.05, 0.1) is 24.5 Å². The summed E-state index contributed by atoms with van der Waals surface area (Å²) in [6.07, 6.45) is 3.42. The molecule has 0 saturated carbocycles. The highest BCUT2D eigenvalue weighted by molar-refractivity contribution is 14.0. The average molecular weight is 491 g/mol. The first-order valence-electron chi connectivity index (χ1n) is 7.33. The van der Waals surface area contributed by atoms with E-state index in [-0.39, 0.29) is 30.0 Å². The maximum absolute atomic E-state index is 6.21. The van der Waals surface area contributed by atoms with Crippen molar-refractivity contribution in [1.29, 1.82) is 0 Å². The van der Waals surface area contributed by atoms with Crippen LogP contribution in [-0.2, 0) is 6.54 Å². The van der Waals surface area contributed by atoms with Crippen molar-refractivity contribution in [3.63, 3.8) is 0 Å². The van der Waals surface area contributed by atoms with E-state index in [1.54, 1.807) is 29.0 Å². The monoisotopic (exact) mass is 490 g/mol. The van der Waals surface area contributed by atoms with Crippen LogP contribution < -0.4 is 11.1 Å². The van der Waals surface area contributed by atoms with E-state index in [4.69, 9.17) is 28.9 Å². The third-order valence-corrected chi connectivity index (χ3v) is 4.14. The van der Waals surface area contributed by atoms with Crippen LogP contribution in [0.4, 0.5) is 0 Å². The van der Waals surface area contributed by atoms with Gasteiger partial charge in [0, 0.05) is 22.3 Å². The predicted molar refractivity (Wildman–Crippen MR) is 112 cm³/mol. The van der Waals surface area contributed by atoms with Gasteiger partial charge in [0.1, 0.15) is 0 Å². The lowest BCUT2D eigenvalue weighted by Gasteiger charge is -2.16. The summed E-state index contributed by atoms with van der Waals surface area (Å²) in [5, 5.41) is 8.52. The molecule has 2 aromatic heterocycles. The summed E-state index contributed by atoms with van der Waals surface area (Å²) >= 11 is 12.1. The molecule has 2 heterocycles. The van der Waals surface area contributed by atoms with Gasteiger partial charge in [0.25, 0.3) is 0 Å². The quantitative estimate of drug-likeness (QED) is 0.331. The van der Waals surface area contributed by atoms with Gasteiger partial charge in [-0.1, -0.05) is 29.3 Å². The van der Waals surface area contributed by atoms with Gasteiger partial charge in [0.2, 0.25) is 0 Å². The summed E-state index contributed by atoms with van der Waals surface area (Å²) < 4.78 is 1.73. The fourth-order valence-electron chi connectivity index (χ4n) is 2.37. The van der Waals surface area contributed by atoms with Crippen LogP contribution in [0.25, 0.3) is 5.65 Å². The van der Waals surface area contributed by atoms with E-state index in [2.05, 4.69) is 20.4 Å². The van der Waals surface area contributed by atoms with Crippen LogP contribution in [0.1, 0.15) is 24.2 Å². The second-order valence-corrected chi connectivity index (χ2v) is 6.11. The van der Waals surface area contributed by atoms with Gasteiger partial charge in [-0.15, -0.1) is 24.0 Å². The van der Waals surface area contributed by atoms with Crippen LogP contribution in [-0.4, -0.2) is 20.6 Å². The zero-order chi connectivity index (χ0) is 17.1. The van der Waals surface area contributed by atoms with Gasteiger partial charge in [0.15, 0.2) is 11.6 Å². The Bertz CT molecular complexity index is 895. The molecule has 9 heteroatoms. The third kappa shape index (κ3) is 4.74. The first-order chi connectivity index (χ1) is 11.5. The normalized spacial score (nSPS) is 12.7. The molecule has 1 unspecified atom stereocenters. The summed E-state index contributed by atoms with van der Waals surface area (Å²) in [4.78, 5) is 8.58. The molecule has 0 amide bonds. The Labute approximate surface area is 172 Å². The second kappa shape index (κ2) is 8.68. The Hall–Kier alpha value is -1.58. The Morgan fingerprint density at radius 1 is 1.28 bits per heavy atom. The van der Waals surface area contributed by atoms with Crippen molar-refractivity contribution in [1.82, 2.24) is 19.9 Å². The summed E-state index contributed by atoms with van der Waals surface area (Å²) in [7, 11) is 0. The lowest BCUT2D eigenvalue weighted by atomic mass is 10.1. The summed E-state index contributed by atoms with van der Waals surface area (Å²) in [5.41, 5.74) is 8.55. The van der Waals surface area contributed by atoms with E-state index < -0.39 is 0 Å². The Morgan fingerprint density at radius 3 is 2.84 bits per heavy atom. The molecule has 0 bridgehead atoms. The number of hydrogen-bond donors (Lipinski definition) is 2. The highest BCUT2D eigenvalue weighted by Crippen LogP contribution is 2.25. The lowest BCUT2D eigenvalue weighted by Crippen LogP contribution is -2.34. The fraction of sp³-hybridized carbons (Fsp3) is 0.188. The number of nitrogens with one attached hydrogen (secondary N) is 1. The smallest absolute Gasteiger partial charge is 0.189 e. The lowest BCUT2D eigenvalue weighted by molar-refractivity contribution is 0.706. The van der Waals surface area contributed by atoms with Crippen LogP contribution in [0.5, 0.6) is 0 Å². The van der Waals surface area contributed by atoms with Crippen molar-refractivity contribution in [2.45, 2.75) is 19.5 Å². The summed E-state index contributed by atoms with van der Waals surface area (Å²) in [5.74, 6) is 0.325. The zero-order valence-electron chi connectivity index (χ0n) is 13.4. The van der Waals surface area contributed by atoms with Gasteiger partial charge in [-0.05, 0) is 30.7 Å². The molecule has 1 atom stereocenters. The van der Waals surface area contributed by atoms with Crippen molar-refractivity contribution in [3.05, 3.63) is 64.0 Å². The minimum atomic E-state index is -0.0966. The predicted octanol–water partition coefficient (Wildman–Crippen LogP) is 3.82. The first kappa shape index (κ1) is 19.7. The maximum Gasteiger partial charge on any atom is 0.189 e. The van der Waals surface area contributed by atoms with Gasteiger partial charge < -0.3 is 11.1 Å². The van der Waals surface area contributed by atoms with Crippen LogP contribution in [0.2, 0.25) is 10.0 Å². The largest absolute Gasteiger partial charge is 0.370 e. The molecule has 0 saturated heterocycles. The maximum atomic E-state index is 6.21. The van der Waals surface area contributed by atoms with Gasteiger partial charge in [-0.25, -0.2) is 14.5 Å². The van der Waals surface area contributed by atoms with Crippen LogP contribution in [0.3, 0.4) is 0 Å². The van der Waals surface area contributed by atoms with Gasteiger partial charge in [-0.2, -0.15) is 5.10 Å². The molecular weight excluding hydrogens is 474 g/mol. The molecule has 0 aliphatic rings. The van der Waals surface area contributed by atoms with Crippen molar-refractivity contribution in [2.75, 3.05) is 0 Å². The molecule has 3 aromatic rings. The van der Waals surface area contributed by atoms with Crippen LogP contribution in [0, 0.1) is 0 Å². The number of guanidine groups is 1. The average Bonchev–Trinajstić information content (AvgIpc) is 3.01. The van der Waals surface area contributed by atoms with E-state index >= 15 is 0 Å². The number of aromatic nitrogens is 3. The third-order valence-electron chi connectivity index (χ3n) is 3.57. The highest BCUT2D eigenvalue weighted by atomic mass is 127. The SMILES string of the molecule is CC(NC(N)=NCc1ccnc2ccnn12)c1ccc(Cl)cc1Cl.I. The summed E-state index contributed by atoms with van der Waals surface area (Å²) in [6, 6.07) is 8.96. The molecule has 3 rings (SSSR count).